The number of carboxylic acids is 1. The largest absolute Gasteiger partial charge is 0.481 e. The number of rotatable bonds is 3. The predicted octanol–water partition coefficient (Wildman–Crippen LogP) is 0.520. The third-order valence-corrected chi connectivity index (χ3v) is 3.06. The normalized spacial score (nSPS) is 29.9. The Morgan fingerprint density at radius 2 is 2.14 bits per heavy atom. The monoisotopic (exact) mass is 200 g/mol. The van der Waals surface area contributed by atoms with Gasteiger partial charge in [-0.05, 0) is 45.3 Å². The molecule has 3 N–H and O–H groups in total. The van der Waals surface area contributed by atoms with Crippen LogP contribution in [0.2, 0.25) is 0 Å². The summed E-state index contributed by atoms with van der Waals surface area (Å²) in [5, 5.41) is 8.60. The molecular formula is C10H20N2O2. The second kappa shape index (κ2) is 5.32. The van der Waals surface area contributed by atoms with Crippen LogP contribution >= 0.6 is 0 Å². The van der Waals surface area contributed by atoms with Crippen LogP contribution in [0, 0.1) is 5.92 Å². The Bertz CT molecular complexity index is 197. The van der Waals surface area contributed by atoms with Crippen molar-refractivity contribution in [1.82, 2.24) is 4.90 Å². The first-order chi connectivity index (χ1) is 6.59. The number of likely N-dealkylation sites (tertiary alicyclic amines) is 1. The zero-order chi connectivity index (χ0) is 10.6. The maximum absolute atomic E-state index is 10.4. The summed E-state index contributed by atoms with van der Waals surface area (Å²) in [5.74, 6) is -0.328. The van der Waals surface area contributed by atoms with E-state index in [0.717, 1.165) is 32.4 Å². The van der Waals surface area contributed by atoms with Crippen molar-refractivity contribution in [2.75, 3.05) is 20.1 Å². The maximum Gasteiger partial charge on any atom is 0.303 e. The molecule has 14 heavy (non-hydrogen) atoms. The van der Waals surface area contributed by atoms with Crippen LogP contribution in [0.5, 0.6) is 0 Å². The van der Waals surface area contributed by atoms with E-state index in [4.69, 9.17) is 10.8 Å². The minimum absolute atomic E-state index is 0.180. The van der Waals surface area contributed by atoms with Gasteiger partial charge in [0.1, 0.15) is 0 Å². The number of aliphatic carboxylic acids is 1. The molecule has 0 radical (unpaired) electrons. The molecule has 4 heteroatoms. The van der Waals surface area contributed by atoms with Crippen molar-refractivity contribution in [1.29, 1.82) is 0 Å². The molecule has 1 saturated heterocycles. The molecule has 0 spiro atoms. The fraction of sp³-hybridized carbons (Fsp3) is 0.900. The molecule has 1 fully saturated rings. The van der Waals surface area contributed by atoms with Crippen molar-refractivity contribution >= 4 is 5.97 Å². The lowest BCUT2D eigenvalue weighted by atomic mass is 9.91. The number of hydrogen-bond acceptors (Lipinski definition) is 3. The summed E-state index contributed by atoms with van der Waals surface area (Å²) >= 11 is 0. The Morgan fingerprint density at radius 3 is 2.79 bits per heavy atom. The van der Waals surface area contributed by atoms with Gasteiger partial charge in [-0.15, -0.1) is 0 Å². The van der Waals surface area contributed by atoms with Crippen LogP contribution < -0.4 is 5.73 Å². The summed E-state index contributed by atoms with van der Waals surface area (Å²) < 4.78 is 0. The minimum atomic E-state index is -0.713. The average molecular weight is 200 g/mol. The average Bonchev–Trinajstić information content (AvgIpc) is 2.27. The fourth-order valence-corrected chi connectivity index (χ4v) is 1.98. The van der Waals surface area contributed by atoms with Gasteiger partial charge in [0, 0.05) is 12.5 Å². The summed E-state index contributed by atoms with van der Waals surface area (Å²) in [4.78, 5) is 12.7. The Kier molecular flexibility index (Phi) is 4.35. The van der Waals surface area contributed by atoms with Gasteiger partial charge < -0.3 is 15.7 Å². The van der Waals surface area contributed by atoms with Gasteiger partial charge in [0.25, 0.3) is 0 Å². The number of nitrogens with two attached hydrogens (primary N) is 1. The Balaban J connectivity index is 2.37. The summed E-state index contributed by atoms with van der Waals surface area (Å²) in [6, 6.07) is 0.180. The molecule has 82 valence electrons. The highest BCUT2D eigenvalue weighted by atomic mass is 16.4. The molecule has 1 rings (SSSR count). The molecule has 0 bridgehead atoms. The van der Waals surface area contributed by atoms with Crippen molar-refractivity contribution < 1.29 is 9.90 Å². The molecule has 0 aromatic rings. The Morgan fingerprint density at radius 1 is 1.50 bits per heavy atom. The molecule has 1 heterocycles. The highest BCUT2D eigenvalue weighted by Gasteiger charge is 2.22. The topological polar surface area (TPSA) is 66.6 Å². The van der Waals surface area contributed by atoms with E-state index in [1.807, 2.05) is 0 Å². The number of carboxylic acid groups (broad SMARTS) is 1. The number of nitrogens with zero attached hydrogens (tertiary/aromatic N) is 1. The van der Waals surface area contributed by atoms with E-state index in [9.17, 15) is 4.79 Å². The van der Waals surface area contributed by atoms with Crippen molar-refractivity contribution in [2.45, 2.75) is 31.7 Å². The second-order valence-electron chi connectivity index (χ2n) is 4.24. The maximum atomic E-state index is 10.4. The summed E-state index contributed by atoms with van der Waals surface area (Å²) in [7, 11) is 2.09. The van der Waals surface area contributed by atoms with E-state index < -0.39 is 5.97 Å². The van der Waals surface area contributed by atoms with E-state index in [0.29, 0.717) is 5.92 Å². The van der Waals surface area contributed by atoms with Crippen LogP contribution in [0.3, 0.4) is 0 Å². The van der Waals surface area contributed by atoms with Crippen LogP contribution in [0.15, 0.2) is 0 Å². The van der Waals surface area contributed by atoms with Gasteiger partial charge in [-0.1, -0.05) is 0 Å². The highest BCUT2D eigenvalue weighted by molar-refractivity contribution is 5.66. The first kappa shape index (κ1) is 11.5. The number of hydrogen-bond donors (Lipinski definition) is 2. The van der Waals surface area contributed by atoms with Crippen LogP contribution in [-0.4, -0.2) is 42.2 Å². The van der Waals surface area contributed by atoms with Crippen LogP contribution in [0.25, 0.3) is 0 Å². The van der Waals surface area contributed by atoms with E-state index in [-0.39, 0.29) is 12.5 Å². The lowest BCUT2D eigenvalue weighted by molar-refractivity contribution is -0.137. The molecule has 0 aromatic heterocycles. The third-order valence-electron chi connectivity index (χ3n) is 3.06. The zero-order valence-electron chi connectivity index (χ0n) is 8.78. The standard InChI is InChI=1S/C10H20N2O2/c1-12-6-4-8(2-3-10(13)14)9(11)5-7-12/h8-9H,2-7,11H2,1H3,(H,13,14). The molecular weight excluding hydrogens is 180 g/mol. The van der Waals surface area contributed by atoms with Crippen molar-refractivity contribution in [3.05, 3.63) is 0 Å². The SMILES string of the molecule is CN1CCC(N)C(CCC(=O)O)CC1. The quantitative estimate of drug-likeness (QED) is 0.697. The minimum Gasteiger partial charge on any atom is -0.481 e. The molecule has 4 nitrogen and oxygen atoms in total. The summed E-state index contributed by atoms with van der Waals surface area (Å²) in [5.41, 5.74) is 6.01. The Hall–Kier alpha value is -0.610. The van der Waals surface area contributed by atoms with Gasteiger partial charge in [-0.3, -0.25) is 4.79 Å². The predicted molar refractivity (Wildman–Crippen MR) is 55.1 cm³/mol. The van der Waals surface area contributed by atoms with Gasteiger partial charge in [0.2, 0.25) is 0 Å². The van der Waals surface area contributed by atoms with Crippen molar-refractivity contribution in [3.63, 3.8) is 0 Å². The zero-order valence-corrected chi connectivity index (χ0v) is 8.78. The summed E-state index contributed by atoms with van der Waals surface area (Å²) in [6.07, 6.45) is 3.00. The Labute approximate surface area is 85.1 Å². The van der Waals surface area contributed by atoms with Crippen LogP contribution in [0.1, 0.15) is 25.7 Å². The van der Waals surface area contributed by atoms with Gasteiger partial charge in [-0.2, -0.15) is 0 Å². The highest BCUT2D eigenvalue weighted by Crippen LogP contribution is 2.20. The fourth-order valence-electron chi connectivity index (χ4n) is 1.98. The summed E-state index contributed by atoms with van der Waals surface area (Å²) in [6.45, 7) is 2.07. The number of carbonyl (C=O) groups is 1. The van der Waals surface area contributed by atoms with Gasteiger partial charge >= 0.3 is 5.97 Å². The lowest BCUT2D eigenvalue weighted by Gasteiger charge is -2.19. The molecule has 2 unspecified atom stereocenters. The molecule has 0 aliphatic carbocycles. The third kappa shape index (κ3) is 3.64. The van der Waals surface area contributed by atoms with Gasteiger partial charge in [-0.25, -0.2) is 0 Å². The van der Waals surface area contributed by atoms with E-state index >= 15 is 0 Å². The molecule has 0 aromatic carbocycles. The first-order valence-electron chi connectivity index (χ1n) is 5.25. The van der Waals surface area contributed by atoms with Crippen LogP contribution in [0.4, 0.5) is 0 Å². The molecule has 1 aliphatic rings. The van der Waals surface area contributed by atoms with E-state index in [2.05, 4.69) is 11.9 Å². The van der Waals surface area contributed by atoms with Crippen molar-refractivity contribution in [2.24, 2.45) is 11.7 Å². The van der Waals surface area contributed by atoms with E-state index in [1.165, 1.54) is 0 Å². The smallest absolute Gasteiger partial charge is 0.303 e. The lowest BCUT2D eigenvalue weighted by Crippen LogP contribution is -2.30. The van der Waals surface area contributed by atoms with Gasteiger partial charge in [0.05, 0.1) is 0 Å². The molecule has 0 saturated carbocycles. The second-order valence-corrected chi connectivity index (χ2v) is 4.24. The molecule has 2 atom stereocenters. The van der Waals surface area contributed by atoms with Crippen LogP contribution in [-0.2, 0) is 4.79 Å². The van der Waals surface area contributed by atoms with Crippen molar-refractivity contribution in [3.8, 4) is 0 Å². The van der Waals surface area contributed by atoms with E-state index in [1.54, 1.807) is 0 Å². The first-order valence-corrected chi connectivity index (χ1v) is 5.25. The van der Waals surface area contributed by atoms with Gasteiger partial charge in [0.15, 0.2) is 0 Å². The molecule has 0 amide bonds. The molecule has 1 aliphatic heterocycles.